The maximum atomic E-state index is 12.6. The highest BCUT2D eigenvalue weighted by Gasteiger charge is 2.29. The van der Waals surface area contributed by atoms with Crippen LogP contribution >= 0.6 is 0 Å². The molecule has 1 amide bonds. The number of hydrogen-bond donors (Lipinski definition) is 2. The molecule has 2 N–H and O–H groups in total. The van der Waals surface area contributed by atoms with E-state index in [1.807, 2.05) is 13.0 Å². The summed E-state index contributed by atoms with van der Waals surface area (Å²) >= 11 is 0. The van der Waals surface area contributed by atoms with Gasteiger partial charge in [0.05, 0.1) is 16.6 Å². The van der Waals surface area contributed by atoms with E-state index in [2.05, 4.69) is 20.8 Å². The fourth-order valence-corrected chi connectivity index (χ4v) is 3.14. The fourth-order valence-electron chi connectivity index (χ4n) is 3.14. The second-order valence-corrected chi connectivity index (χ2v) is 6.33. The predicted octanol–water partition coefficient (Wildman–Crippen LogP) is 1.89. The van der Waals surface area contributed by atoms with Crippen LogP contribution in [0, 0.1) is 6.92 Å². The number of amides is 1. The molecule has 0 bridgehead atoms. The molecule has 0 spiro atoms. The van der Waals surface area contributed by atoms with Crippen LogP contribution < -0.4 is 10.6 Å². The summed E-state index contributed by atoms with van der Waals surface area (Å²) in [6.07, 6.45) is 4.17. The lowest BCUT2D eigenvalue weighted by Crippen LogP contribution is -2.28. The molecule has 6 heteroatoms. The van der Waals surface area contributed by atoms with E-state index in [9.17, 15) is 4.79 Å². The summed E-state index contributed by atoms with van der Waals surface area (Å²) in [4.78, 5) is 17.0. The summed E-state index contributed by atoms with van der Waals surface area (Å²) < 4.78 is 5.43. The second kappa shape index (κ2) is 5.35. The van der Waals surface area contributed by atoms with Gasteiger partial charge in [-0.25, -0.2) is 4.98 Å². The summed E-state index contributed by atoms with van der Waals surface area (Å²) in [5, 5.41) is 11.5. The molecule has 2 aliphatic rings. The summed E-state index contributed by atoms with van der Waals surface area (Å²) in [5.41, 5.74) is 2.81. The lowest BCUT2D eigenvalue weighted by Gasteiger charge is -2.21. The highest BCUT2D eigenvalue weighted by atomic mass is 16.5. The number of nitrogens with one attached hydrogen (secondary N) is 2. The Kier molecular flexibility index (Phi) is 3.33. The number of aryl methyl sites for hydroxylation is 1. The molecule has 4 rings (SSSR count). The minimum Gasteiger partial charge on any atom is -0.349 e. The van der Waals surface area contributed by atoms with Gasteiger partial charge < -0.3 is 15.2 Å². The van der Waals surface area contributed by atoms with E-state index < -0.39 is 0 Å². The molecule has 6 nitrogen and oxygen atoms in total. The van der Waals surface area contributed by atoms with E-state index in [0.29, 0.717) is 23.2 Å². The van der Waals surface area contributed by atoms with Gasteiger partial charge in [0.25, 0.3) is 11.6 Å². The number of hydrogen-bond acceptors (Lipinski definition) is 5. The largest absolute Gasteiger partial charge is 0.349 e. The molecule has 22 heavy (non-hydrogen) atoms. The maximum Gasteiger partial charge on any atom is 0.259 e. The third-order valence-electron chi connectivity index (χ3n) is 4.48. The zero-order valence-corrected chi connectivity index (χ0v) is 12.7. The average Bonchev–Trinajstić information content (AvgIpc) is 3.24. The molecule has 2 aromatic rings. The Bertz CT molecular complexity index is 714. The predicted molar refractivity (Wildman–Crippen MR) is 81.9 cm³/mol. The third-order valence-corrected chi connectivity index (χ3v) is 4.48. The van der Waals surface area contributed by atoms with Crippen LogP contribution in [0.25, 0.3) is 11.1 Å². The quantitative estimate of drug-likeness (QED) is 0.905. The number of aromatic nitrogens is 2. The van der Waals surface area contributed by atoms with Crippen molar-refractivity contribution in [2.75, 3.05) is 13.1 Å². The van der Waals surface area contributed by atoms with E-state index in [1.54, 1.807) is 0 Å². The molecule has 2 fully saturated rings. The first-order chi connectivity index (χ1) is 10.7. The molecule has 1 aliphatic carbocycles. The standard InChI is InChI=1S/C16H20N4O2/c1-9-8-12(15(21)19-11-2-3-11)13-14(20-22-16(13)18-9)10-4-6-17-7-5-10/h8,10-11,17H,2-7H2,1H3,(H,19,21). The molecule has 2 aromatic heterocycles. The molecule has 0 unspecified atom stereocenters. The molecule has 116 valence electrons. The first kappa shape index (κ1) is 13.7. The van der Waals surface area contributed by atoms with Crippen molar-refractivity contribution in [2.24, 2.45) is 0 Å². The topological polar surface area (TPSA) is 80.0 Å². The van der Waals surface area contributed by atoms with Crippen molar-refractivity contribution in [3.8, 4) is 0 Å². The molecule has 0 aromatic carbocycles. The fraction of sp³-hybridized carbons (Fsp3) is 0.562. The second-order valence-electron chi connectivity index (χ2n) is 6.33. The van der Waals surface area contributed by atoms with Crippen LogP contribution in [0.15, 0.2) is 10.6 Å². The van der Waals surface area contributed by atoms with E-state index in [4.69, 9.17) is 4.52 Å². The molecular formula is C16H20N4O2. The first-order valence-corrected chi connectivity index (χ1v) is 8.01. The smallest absolute Gasteiger partial charge is 0.259 e. The number of carbonyl (C=O) groups excluding carboxylic acids is 1. The zero-order valence-electron chi connectivity index (χ0n) is 12.7. The molecular weight excluding hydrogens is 280 g/mol. The Morgan fingerprint density at radius 1 is 1.32 bits per heavy atom. The minimum absolute atomic E-state index is 0.0311. The van der Waals surface area contributed by atoms with Gasteiger partial charge in [0.2, 0.25) is 0 Å². The van der Waals surface area contributed by atoms with E-state index in [-0.39, 0.29) is 5.91 Å². The van der Waals surface area contributed by atoms with Crippen LogP contribution in [-0.2, 0) is 0 Å². The van der Waals surface area contributed by atoms with Gasteiger partial charge in [-0.3, -0.25) is 4.79 Å². The van der Waals surface area contributed by atoms with E-state index in [1.165, 1.54) is 0 Å². The summed E-state index contributed by atoms with van der Waals surface area (Å²) in [6, 6.07) is 2.18. The van der Waals surface area contributed by atoms with Crippen molar-refractivity contribution in [3.63, 3.8) is 0 Å². The Morgan fingerprint density at radius 3 is 2.82 bits per heavy atom. The average molecular weight is 300 g/mol. The van der Waals surface area contributed by atoms with Gasteiger partial charge in [-0.05, 0) is 51.8 Å². The number of pyridine rings is 1. The number of piperidine rings is 1. The molecule has 1 saturated heterocycles. The molecule has 1 aliphatic heterocycles. The van der Waals surface area contributed by atoms with E-state index >= 15 is 0 Å². The van der Waals surface area contributed by atoms with Crippen LogP contribution in [0.2, 0.25) is 0 Å². The van der Waals surface area contributed by atoms with Crippen molar-refractivity contribution < 1.29 is 9.32 Å². The van der Waals surface area contributed by atoms with Crippen molar-refractivity contribution >= 4 is 17.0 Å². The van der Waals surface area contributed by atoms with Gasteiger partial charge in [0, 0.05) is 17.7 Å². The monoisotopic (exact) mass is 300 g/mol. The Hall–Kier alpha value is -1.95. The number of carbonyl (C=O) groups is 1. The van der Waals surface area contributed by atoms with Crippen molar-refractivity contribution in [1.29, 1.82) is 0 Å². The highest BCUT2D eigenvalue weighted by Crippen LogP contribution is 2.33. The normalized spacial score (nSPS) is 19.5. The van der Waals surface area contributed by atoms with Crippen LogP contribution in [0.1, 0.15) is 53.3 Å². The minimum atomic E-state index is -0.0311. The number of rotatable bonds is 3. The van der Waals surface area contributed by atoms with Crippen molar-refractivity contribution in [3.05, 3.63) is 23.0 Å². The lowest BCUT2D eigenvalue weighted by atomic mass is 9.91. The van der Waals surface area contributed by atoms with Crippen LogP contribution in [0.4, 0.5) is 0 Å². The highest BCUT2D eigenvalue weighted by molar-refractivity contribution is 6.06. The van der Waals surface area contributed by atoms with Crippen LogP contribution in [0.3, 0.4) is 0 Å². The summed E-state index contributed by atoms with van der Waals surface area (Å²) in [7, 11) is 0. The first-order valence-electron chi connectivity index (χ1n) is 8.01. The summed E-state index contributed by atoms with van der Waals surface area (Å²) in [6.45, 7) is 3.82. The Balaban J connectivity index is 1.78. The van der Waals surface area contributed by atoms with Gasteiger partial charge in [-0.15, -0.1) is 0 Å². The number of fused-ring (bicyclic) bond motifs is 1. The third kappa shape index (κ3) is 2.47. The molecule has 0 radical (unpaired) electrons. The number of nitrogens with zero attached hydrogens (tertiary/aromatic N) is 2. The van der Waals surface area contributed by atoms with Crippen LogP contribution in [0.5, 0.6) is 0 Å². The lowest BCUT2D eigenvalue weighted by molar-refractivity contribution is 0.0952. The van der Waals surface area contributed by atoms with Gasteiger partial charge in [-0.2, -0.15) is 0 Å². The molecule has 3 heterocycles. The Labute approximate surface area is 128 Å². The Morgan fingerprint density at radius 2 is 2.09 bits per heavy atom. The van der Waals surface area contributed by atoms with Crippen molar-refractivity contribution in [1.82, 2.24) is 20.8 Å². The molecule has 0 atom stereocenters. The van der Waals surface area contributed by atoms with Crippen molar-refractivity contribution in [2.45, 2.75) is 44.6 Å². The van der Waals surface area contributed by atoms with Gasteiger partial charge in [0.15, 0.2) is 0 Å². The zero-order chi connectivity index (χ0) is 15.1. The van der Waals surface area contributed by atoms with Crippen LogP contribution in [-0.4, -0.2) is 35.2 Å². The summed E-state index contributed by atoms with van der Waals surface area (Å²) in [5.74, 6) is 0.302. The van der Waals surface area contributed by atoms with Gasteiger partial charge >= 0.3 is 0 Å². The van der Waals surface area contributed by atoms with Gasteiger partial charge in [-0.1, -0.05) is 5.16 Å². The van der Waals surface area contributed by atoms with E-state index in [0.717, 1.165) is 55.5 Å². The molecule has 1 saturated carbocycles. The maximum absolute atomic E-state index is 12.6. The SMILES string of the molecule is Cc1cc(C(=O)NC2CC2)c2c(C3CCNCC3)noc2n1. The van der Waals surface area contributed by atoms with Gasteiger partial charge in [0.1, 0.15) is 0 Å².